The van der Waals surface area contributed by atoms with E-state index in [-0.39, 0.29) is 10.8 Å². The highest BCUT2D eigenvalue weighted by Gasteiger charge is 2.63. The molecule has 15 heavy (non-hydrogen) atoms. The Bertz CT molecular complexity index is 241. The minimum absolute atomic E-state index is 0.0719. The zero-order valence-electron chi connectivity index (χ0n) is 10.9. The van der Waals surface area contributed by atoms with Crippen LogP contribution in [0.4, 0.5) is 8.78 Å². The maximum atomic E-state index is 13.6. The molecule has 0 radical (unpaired) electrons. The summed E-state index contributed by atoms with van der Waals surface area (Å²) in [5.41, 5.74) is -0.547. The van der Waals surface area contributed by atoms with E-state index in [4.69, 9.17) is 0 Å². The second kappa shape index (κ2) is 3.21. The van der Waals surface area contributed by atoms with Crippen molar-refractivity contribution in [2.24, 2.45) is 16.2 Å². The molecule has 1 aliphatic rings. The van der Waals surface area contributed by atoms with Crippen LogP contribution in [0.15, 0.2) is 0 Å². The van der Waals surface area contributed by atoms with E-state index in [0.29, 0.717) is 19.3 Å². The van der Waals surface area contributed by atoms with Gasteiger partial charge in [-0.1, -0.05) is 34.6 Å². The summed E-state index contributed by atoms with van der Waals surface area (Å²) in [5, 5.41) is 0. The van der Waals surface area contributed by atoms with Crippen molar-refractivity contribution in [3.8, 4) is 0 Å². The Balaban J connectivity index is 2.84. The summed E-state index contributed by atoms with van der Waals surface area (Å²) in [7, 11) is 1.08. The van der Waals surface area contributed by atoms with E-state index in [1.165, 1.54) is 0 Å². The van der Waals surface area contributed by atoms with Gasteiger partial charge < -0.3 is 0 Å². The van der Waals surface area contributed by atoms with Gasteiger partial charge in [-0.25, -0.2) is 8.78 Å². The Morgan fingerprint density at radius 2 is 1.60 bits per heavy atom. The van der Waals surface area contributed by atoms with E-state index in [2.05, 4.69) is 27.7 Å². The van der Waals surface area contributed by atoms with Crippen molar-refractivity contribution in [1.29, 1.82) is 0 Å². The Hall–Kier alpha value is -0.0751. The molecule has 0 aromatic carbocycles. The lowest BCUT2D eigenvalue weighted by Gasteiger charge is -2.62. The molecular weight excluding hydrogens is 193 g/mol. The monoisotopic (exact) mass is 216 g/mol. The van der Waals surface area contributed by atoms with Gasteiger partial charge in [0.25, 0.3) is 0 Å². The summed E-state index contributed by atoms with van der Waals surface area (Å²) in [6.07, 6.45) is 1.90. The summed E-state index contributed by atoms with van der Waals surface area (Å²) in [6, 6.07) is 0. The van der Waals surface area contributed by atoms with Crippen LogP contribution in [0.2, 0.25) is 0 Å². The molecule has 0 atom stereocenters. The number of rotatable bonds is 2. The van der Waals surface area contributed by atoms with Gasteiger partial charge in [0.1, 0.15) is 0 Å². The Labute approximate surface area is 93.2 Å². The average Bonchev–Trinajstić information content (AvgIpc) is 1.93. The summed E-state index contributed by atoms with van der Waals surface area (Å²) in [5.74, 6) is -2.54. The number of hydrogen-bond acceptors (Lipinski definition) is 0. The molecule has 0 amide bonds. The first-order valence-electron chi connectivity index (χ1n) is 5.85. The molecule has 3 heteroatoms. The van der Waals surface area contributed by atoms with Gasteiger partial charge in [0.15, 0.2) is 7.85 Å². The van der Waals surface area contributed by atoms with Crippen molar-refractivity contribution in [2.75, 3.05) is 0 Å². The lowest BCUT2D eigenvalue weighted by Crippen LogP contribution is -2.59. The van der Waals surface area contributed by atoms with Crippen LogP contribution in [0, 0.1) is 16.2 Å². The molecular formula is C12H23BF2. The topological polar surface area (TPSA) is 0 Å². The van der Waals surface area contributed by atoms with Gasteiger partial charge in [0, 0.05) is 5.41 Å². The van der Waals surface area contributed by atoms with Gasteiger partial charge in [-0.3, -0.25) is 0 Å². The van der Waals surface area contributed by atoms with Gasteiger partial charge in [0.05, 0.1) is 0 Å². The minimum atomic E-state index is -2.54. The molecule has 0 saturated heterocycles. The molecule has 1 fully saturated rings. The van der Waals surface area contributed by atoms with Crippen LogP contribution in [0.3, 0.4) is 0 Å². The van der Waals surface area contributed by atoms with Crippen molar-refractivity contribution in [1.82, 2.24) is 0 Å². The predicted octanol–water partition coefficient (Wildman–Crippen LogP) is 3.45. The Morgan fingerprint density at radius 1 is 1.20 bits per heavy atom. The van der Waals surface area contributed by atoms with Crippen molar-refractivity contribution >= 4 is 7.85 Å². The number of alkyl halides is 2. The van der Waals surface area contributed by atoms with Crippen LogP contribution in [0.5, 0.6) is 0 Å². The molecule has 0 N–H and O–H groups in total. The molecule has 0 aromatic rings. The quantitative estimate of drug-likeness (QED) is 0.620. The molecule has 0 spiro atoms. The zero-order chi connectivity index (χ0) is 12.1. The molecule has 0 heterocycles. The van der Waals surface area contributed by atoms with Crippen molar-refractivity contribution in [2.45, 2.75) is 59.7 Å². The van der Waals surface area contributed by atoms with Gasteiger partial charge in [-0.05, 0) is 30.1 Å². The van der Waals surface area contributed by atoms with Crippen LogP contribution in [-0.4, -0.2) is 13.7 Å². The van der Waals surface area contributed by atoms with E-state index < -0.39 is 11.2 Å². The van der Waals surface area contributed by atoms with Crippen molar-refractivity contribution in [3.05, 3.63) is 0 Å². The number of halogens is 2. The standard InChI is InChI=1S/C12H23BF2/c1-6-11(12(13,14)15)7-10(5,8-11)9(2,3)4/h6-8,13H2,1-5H3. The maximum Gasteiger partial charge on any atom is 0.212 e. The van der Waals surface area contributed by atoms with E-state index in [0.717, 1.165) is 7.85 Å². The van der Waals surface area contributed by atoms with E-state index in [9.17, 15) is 8.78 Å². The summed E-state index contributed by atoms with van der Waals surface area (Å²) < 4.78 is 27.1. The largest absolute Gasteiger partial charge is 0.218 e. The zero-order valence-corrected chi connectivity index (χ0v) is 10.9. The first-order chi connectivity index (χ1) is 6.47. The molecule has 0 aliphatic heterocycles. The maximum absolute atomic E-state index is 13.6. The molecule has 0 unspecified atom stereocenters. The highest BCUT2D eigenvalue weighted by Crippen LogP contribution is 2.67. The van der Waals surface area contributed by atoms with Gasteiger partial charge >= 0.3 is 0 Å². The third kappa shape index (κ3) is 1.83. The lowest BCUT2D eigenvalue weighted by atomic mass is 9.41. The second-order valence-corrected chi connectivity index (χ2v) is 6.69. The van der Waals surface area contributed by atoms with Crippen LogP contribution in [0.25, 0.3) is 0 Å². The highest BCUT2D eigenvalue weighted by atomic mass is 19.3. The minimum Gasteiger partial charge on any atom is -0.218 e. The molecule has 1 aliphatic carbocycles. The van der Waals surface area contributed by atoms with Crippen LogP contribution >= 0.6 is 0 Å². The molecule has 1 saturated carbocycles. The average molecular weight is 216 g/mol. The van der Waals surface area contributed by atoms with Gasteiger partial charge in [-0.2, -0.15) is 0 Å². The van der Waals surface area contributed by atoms with Crippen LogP contribution < -0.4 is 0 Å². The molecule has 0 bridgehead atoms. The van der Waals surface area contributed by atoms with Crippen molar-refractivity contribution in [3.63, 3.8) is 0 Å². The fraction of sp³-hybridized carbons (Fsp3) is 1.00. The van der Waals surface area contributed by atoms with E-state index in [1.807, 2.05) is 6.92 Å². The third-order valence-electron chi connectivity index (χ3n) is 4.88. The Kier molecular flexibility index (Phi) is 2.78. The third-order valence-corrected chi connectivity index (χ3v) is 4.88. The highest BCUT2D eigenvalue weighted by molar-refractivity contribution is 6.13. The predicted molar refractivity (Wildman–Crippen MR) is 63.0 cm³/mol. The normalized spacial score (nSPS) is 37.5. The van der Waals surface area contributed by atoms with Crippen LogP contribution in [0.1, 0.15) is 53.9 Å². The van der Waals surface area contributed by atoms with Crippen molar-refractivity contribution < 1.29 is 8.78 Å². The first kappa shape index (κ1) is 13.0. The summed E-state index contributed by atoms with van der Waals surface area (Å²) >= 11 is 0. The Morgan fingerprint density at radius 3 is 1.80 bits per heavy atom. The molecule has 0 aromatic heterocycles. The van der Waals surface area contributed by atoms with Gasteiger partial charge in [0.2, 0.25) is 5.82 Å². The summed E-state index contributed by atoms with van der Waals surface area (Å²) in [4.78, 5) is 0. The smallest absolute Gasteiger partial charge is 0.212 e. The number of hydrogen-bond donors (Lipinski definition) is 0. The fourth-order valence-corrected chi connectivity index (χ4v) is 2.84. The molecule has 88 valence electrons. The summed E-state index contributed by atoms with van der Waals surface area (Å²) in [6.45, 7) is 10.5. The molecule has 0 nitrogen and oxygen atoms in total. The van der Waals surface area contributed by atoms with Gasteiger partial charge in [-0.15, -0.1) is 0 Å². The van der Waals surface area contributed by atoms with E-state index in [1.54, 1.807) is 0 Å². The fourth-order valence-electron chi connectivity index (χ4n) is 2.84. The van der Waals surface area contributed by atoms with E-state index >= 15 is 0 Å². The first-order valence-corrected chi connectivity index (χ1v) is 5.85. The van der Waals surface area contributed by atoms with Crippen LogP contribution in [-0.2, 0) is 0 Å². The lowest BCUT2D eigenvalue weighted by molar-refractivity contribution is -0.194. The SMILES string of the molecule is BC(F)(F)C1(CC)CC(C)(C(C)(C)C)C1. The molecule has 1 rings (SSSR count). The second-order valence-electron chi connectivity index (χ2n) is 6.69.